The molecule has 1 aromatic rings. The second-order valence-electron chi connectivity index (χ2n) is 5.50. The van der Waals surface area contributed by atoms with E-state index in [1.54, 1.807) is 7.11 Å². The summed E-state index contributed by atoms with van der Waals surface area (Å²) in [6.45, 7) is 10.0. The number of carbonyl (C=O) groups is 1. The fourth-order valence-corrected chi connectivity index (χ4v) is 2.28. The molecule has 1 rings (SSSR count). The van der Waals surface area contributed by atoms with Gasteiger partial charge in [0, 0.05) is 17.7 Å². The number of hydrogen-bond acceptors (Lipinski definition) is 2. The van der Waals surface area contributed by atoms with Gasteiger partial charge in [-0.25, -0.2) is 0 Å². The van der Waals surface area contributed by atoms with Crippen molar-refractivity contribution in [2.75, 3.05) is 7.11 Å². The van der Waals surface area contributed by atoms with Gasteiger partial charge in [-0.15, -0.1) is 0 Å². The molecular weight excluding hydrogens is 250 g/mol. The zero-order chi connectivity index (χ0) is 15.3. The Hall–Kier alpha value is -1.77. The maximum atomic E-state index is 12.5. The Balaban J connectivity index is 2.93. The van der Waals surface area contributed by atoms with Crippen LogP contribution < -0.4 is 4.74 Å². The van der Waals surface area contributed by atoms with E-state index in [0.717, 1.165) is 16.9 Å². The lowest BCUT2D eigenvalue weighted by Gasteiger charge is -2.31. The van der Waals surface area contributed by atoms with Crippen LogP contribution in [0.2, 0.25) is 0 Å². The molecule has 1 amide bonds. The molecule has 0 aromatic heterocycles. The van der Waals surface area contributed by atoms with Gasteiger partial charge < -0.3 is 9.64 Å². The lowest BCUT2D eigenvalue weighted by molar-refractivity contribution is -0.130. The minimum Gasteiger partial charge on any atom is -0.497 e. The highest BCUT2D eigenvalue weighted by atomic mass is 16.5. The summed E-state index contributed by atoms with van der Waals surface area (Å²) >= 11 is 0. The molecule has 0 spiro atoms. The summed E-state index contributed by atoms with van der Waals surface area (Å²) in [5, 5.41) is 0. The number of benzene rings is 1. The van der Waals surface area contributed by atoms with Gasteiger partial charge in [0.05, 0.1) is 7.11 Å². The highest BCUT2D eigenvalue weighted by Crippen LogP contribution is 2.16. The molecule has 110 valence electrons. The fraction of sp³-hybridized carbons (Fsp3) is 0.471. The van der Waals surface area contributed by atoms with Crippen molar-refractivity contribution in [1.29, 1.82) is 0 Å². The molecule has 0 aliphatic heterocycles. The van der Waals surface area contributed by atoms with Crippen LogP contribution >= 0.6 is 0 Å². The van der Waals surface area contributed by atoms with Gasteiger partial charge in [-0.3, -0.25) is 4.79 Å². The Labute approximate surface area is 122 Å². The van der Waals surface area contributed by atoms with Gasteiger partial charge in [-0.05, 0) is 58.4 Å². The molecule has 0 saturated heterocycles. The molecule has 1 aromatic carbocycles. The van der Waals surface area contributed by atoms with Crippen molar-refractivity contribution < 1.29 is 9.53 Å². The van der Waals surface area contributed by atoms with Crippen molar-refractivity contribution >= 4 is 12.0 Å². The molecule has 0 N–H and O–H groups in total. The Morgan fingerprint density at radius 3 is 2.00 bits per heavy atom. The third kappa shape index (κ3) is 4.12. The predicted molar refractivity (Wildman–Crippen MR) is 83.8 cm³/mol. The Bertz CT molecular complexity index is 464. The third-order valence-corrected chi connectivity index (χ3v) is 3.18. The van der Waals surface area contributed by atoms with E-state index >= 15 is 0 Å². The number of carbonyl (C=O) groups excluding carboxylic acids is 1. The van der Waals surface area contributed by atoms with Crippen LogP contribution in [-0.2, 0) is 4.79 Å². The number of rotatable bonds is 5. The molecule has 0 heterocycles. The van der Waals surface area contributed by atoms with E-state index in [9.17, 15) is 4.79 Å². The molecule has 0 radical (unpaired) electrons. The highest BCUT2D eigenvalue weighted by molar-refractivity contribution is 5.97. The molecule has 0 saturated carbocycles. The zero-order valence-corrected chi connectivity index (χ0v) is 13.3. The average Bonchev–Trinajstić information content (AvgIpc) is 2.38. The van der Waals surface area contributed by atoms with Crippen molar-refractivity contribution in [2.45, 2.75) is 46.7 Å². The molecule has 0 atom stereocenters. The summed E-state index contributed by atoms with van der Waals surface area (Å²) in [7, 11) is 1.64. The smallest absolute Gasteiger partial charge is 0.249 e. The molecular formula is C17H25NO2. The van der Waals surface area contributed by atoms with Crippen LogP contribution in [0.1, 0.15) is 40.2 Å². The molecule has 3 nitrogen and oxygen atoms in total. The van der Waals surface area contributed by atoms with Gasteiger partial charge >= 0.3 is 0 Å². The topological polar surface area (TPSA) is 29.5 Å². The van der Waals surface area contributed by atoms with E-state index in [1.165, 1.54) is 0 Å². The summed E-state index contributed by atoms with van der Waals surface area (Å²) < 4.78 is 5.13. The van der Waals surface area contributed by atoms with Gasteiger partial charge in [-0.2, -0.15) is 0 Å². The average molecular weight is 275 g/mol. The number of nitrogens with zero attached hydrogens (tertiary/aromatic N) is 1. The number of amides is 1. The quantitative estimate of drug-likeness (QED) is 0.766. The second kappa shape index (κ2) is 7.13. The molecule has 3 heteroatoms. The van der Waals surface area contributed by atoms with Crippen LogP contribution in [0.3, 0.4) is 0 Å². The molecule has 0 aliphatic rings. The molecule has 0 fully saturated rings. The molecule has 0 bridgehead atoms. The van der Waals surface area contributed by atoms with Gasteiger partial charge in [0.2, 0.25) is 5.91 Å². The van der Waals surface area contributed by atoms with E-state index in [-0.39, 0.29) is 18.0 Å². The minimum absolute atomic E-state index is 0.0887. The van der Waals surface area contributed by atoms with Crippen molar-refractivity contribution in [2.24, 2.45) is 0 Å². The van der Waals surface area contributed by atoms with E-state index in [4.69, 9.17) is 4.74 Å². The first-order valence-corrected chi connectivity index (χ1v) is 7.01. The Morgan fingerprint density at radius 2 is 1.60 bits per heavy atom. The van der Waals surface area contributed by atoms with E-state index in [2.05, 4.69) is 0 Å². The third-order valence-electron chi connectivity index (χ3n) is 3.18. The summed E-state index contributed by atoms with van der Waals surface area (Å²) in [6, 6.07) is 8.08. The molecule has 20 heavy (non-hydrogen) atoms. The van der Waals surface area contributed by atoms with Crippen molar-refractivity contribution in [3.8, 4) is 5.75 Å². The first-order valence-electron chi connectivity index (χ1n) is 7.01. The summed E-state index contributed by atoms with van der Waals surface area (Å²) in [6.07, 6.45) is 1.92. The van der Waals surface area contributed by atoms with Crippen LogP contribution in [0.5, 0.6) is 5.75 Å². The van der Waals surface area contributed by atoms with Crippen molar-refractivity contribution in [3.05, 3.63) is 35.4 Å². The van der Waals surface area contributed by atoms with E-state index in [0.29, 0.717) is 0 Å². The standard InChI is InChI=1S/C17H25NO2/c1-12(2)18(13(3)4)17(19)14(5)11-15-7-9-16(20-6)10-8-15/h7-13H,1-6H3/b14-11+. The maximum Gasteiger partial charge on any atom is 0.249 e. The Kier molecular flexibility index (Phi) is 5.81. The lowest BCUT2D eigenvalue weighted by Crippen LogP contribution is -2.42. The predicted octanol–water partition coefficient (Wildman–Crippen LogP) is 3.74. The van der Waals surface area contributed by atoms with Gasteiger partial charge in [-0.1, -0.05) is 12.1 Å². The van der Waals surface area contributed by atoms with Crippen LogP contribution in [0.4, 0.5) is 0 Å². The van der Waals surface area contributed by atoms with Crippen LogP contribution in [0, 0.1) is 0 Å². The van der Waals surface area contributed by atoms with Crippen molar-refractivity contribution in [1.82, 2.24) is 4.90 Å². The molecule has 0 aliphatic carbocycles. The zero-order valence-electron chi connectivity index (χ0n) is 13.3. The lowest BCUT2D eigenvalue weighted by atomic mass is 10.1. The number of hydrogen-bond donors (Lipinski definition) is 0. The second-order valence-corrected chi connectivity index (χ2v) is 5.50. The number of ether oxygens (including phenoxy) is 1. The Morgan fingerprint density at radius 1 is 1.10 bits per heavy atom. The monoisotopic (exact) mass is 275 g/mol. The van der Waals surface area contributed by atoms with Gasteiger partial charge in [0.1, 0.15) is 5.75 Å². The first-order chi connectivity index (χ1) is 9.36. The normalized spacial score (nSPS) is 11.9. The van der Waals surface area contributed by atoms with Crippen LogP contribution in [0.25, 0.3) is 6.08 Å². The van der Waals surface area contributed by atoms with Crippen LogP contribution in [-0.4, -0.2) is 30.0 Å². The summed E-state index contributed by atoms with van der Waals surface area (Å²) in [5.74, 6) is 0.905. The SMILES string of the molecule is COc1ccc(/C=C(\C)C(=O)N(C(C)C)C(C)C)cc1. The summed E-state index contributed by atoms with van der Waals surface area (Å²) in [5.41, 5.74) is 1.75. The highest BCUT2D eigenvalue weighted by Gasteiger charge is 2.20. The minimum atomic E-state index is 0.0887. The first kappa shape index (κ1) is 16.3. The van der Waals surface area contributed by atoms with Crippen molar-refractivity contribution in [3.63, 3.8) is 0 Å². The molecule has 0 unspecified atom stereocenters. The largest absolute Gasteiger partial charge is 0.497 e. The van der Waals surface area contributed by atoms with Gasteiger partial charge in [0.25, 0.3) is 0 Å². The number of methoxy groups -OCH3 is 1. The summed E-state index contributed by atoms with van der Waals surface area (Å²) in [4.78, 5) is 14.4. The maximum absolute atomic E-state index is 12.5. The fourth-order valence-electron chi connectivity index (χ4n) is 2.28. The van der Waals surface area contributed by atoms with E-state index < -0.39 is 0 Å². The van der Waals surface area contributed by atoms with Gasteiger partial charge in [0.15, 0.2) is 0 Å². The van der Waals surface area contributed by atoms with Crippen LogP contribution in [0.15, 0.2) is 29.8 Å². The van der Waals surface area contributed by atoms with E-state index in [1.807, 2.05) is 69.9 Å².